The van der Waals surface area contributed by atoms with Crippen LogP contribution in [-0.2, 0) is 19.1 Å². The molecule has 0 aliphatic rings. The van der Waals surface area contributed by atoms with Gasteiger partial charge in [0.05, 0.1) is 19.3 Å². The third kappa shape index (κ3) is 38.3. The van der Waals surface area contributed by atoms with Crippen LogP contribution in [0.2, 0.25) is 0 Å². The van der Waals surface area contributed by atoms with Crippen molar-refractivity contribution < 1.29 is 29.3 Å². The second-order valence-corrected chi connectivity index (χ2v) is 17.3. The van der Waals surface area contributed by atoms with Crippen LogP contribution in [0.5, 0.6) is 0 Å². The van der Waals surface area contributed by atoms with Crippen LogP contribution in [-0.4, -0.2) is 72.6 Å². The van der Waals surface area contributed by atoms with E-state index in [1.807, 2.05) is 0 Å². The summed E-state index contributed by atoms with van der Waals surface area (Å²) in [6.07, 6.45) is 37.6. The molecule has 0 aromatic rings. The van der Waals surface area contributed by atoms with Crippen molar-refractivity contribution in [2.75, 3.05) is 39.5 Å². The van der Waals surface area contributed by atoms with E-state index >= 15 is 0 Å². The number of hydrogen-bond donors (Lipinski definition) is 2. The van der Waals surface area contributed by atoms with Crippen molar-refractivity contribution in [3.05, 3.63) is 0 Å². The lowest BCUT2D eigenvalue weighted by Gasteiger charge is -2.25. The first-order valence-electron chi connectivity index (χ1n) is 24.7. The first-order chi connectivity index (χ1) is 27.4. The molecule has 0 heterocycles. The highest BCUT2D eigenvalue weighted by Gasteiger charge is 2.15. The molecule has 0 amide bonds. The number of nitrogens with zero attached hydrogens (tertiary/aromatic N) is 1. The minimum atomic E-state index is -0.392. The molecule has 334 valence electrons. The maximum Gasteiger partial charge on any atom is 0.305 e. The van der Waals surface area contributed by atoms with Crippen LogP contribution in [0.1, 0.15) is 246 Å². The third-order valence-electron chi connectivity index (χ3n) is 11.8. The second kappa shape index (κ2) is 43.4. The van der Waals surface area contributed by atoms with E-state index < -0.39 is 6.10 Å². The van der Waals surface area contributed by atoms with E-state index in [4.69, 9.17) is 9.47 Å². The maximum absolute atomic E-state index is 12.5. The highest BCUT2D eigenvalue weighted by Crippen LogP contribution is 2.24. The van der Waals surface area contributed by atoms with Crippen LogP contribution >= 0.6 is 0 Å². The van der Waals surface area contributed by atoms with E-state index in [-0.39, 0.29) is 18.5 Å². The number of hydrogen-bond acceptors (Lipinski definition) is 7. The summed E-state index contributed by atoms with van der Waals surface area (Å²) in [5.41, 5.74) is 0. The Labute approximate surface area is 348 Å². The molecule has 0 saturated heterocycles. The van der Waals surface area contributed by atoms with Crippen LogP contribution in [0.25, 0.3) is 0 Å². The summed E-state index contributed by atoms with van der Waals surface area (Å²) < 4.78 is 11.2. The SMILES string of the molecule is CCCCCCCC(CCCCC)CCC(=O)OCCCCCCN(CCCCCO)CC(O)CCCCOC(=O)CCC(CCCCC)CCCCCCC. The quantitative estimate of drug-likeness (QED) is 0.0468. The minimum Gasteiger partial charge on any atom is -0.466 e. The fourth-order valence-electron chi connectivity index (χ4n) is 8.05. The highest BCUT2D eigenvalue weighted by molar-refractivity contribution is 5.69. The zero-order valence-corrected chi connectivity index (χ0v) is 38.0. The zero-order valence-electron chi connectivity index (χ0n) is 38.0. The van der Waals surface area contributed by atoms with E-state index in [0.29, 0.717) is 50.9 Å². The molecule has 0 fully saturated rings. The summed E-state index contributed by atoms with van der Waals surface area (Å²) in [5, 5.41) is 20.1. The summed E-state index contributed by atoms with van der Waals surface area (Å²) in [5.74, 6) is 1.22. The van der Waals surface area contributed by atoms with Gasteiger partial charge in [-0.2, -0.15) is 0 Å². The van der Waals surface area contributed by atoms with Crippen molar-refractivity contribution in [2.45, 2.75) is 252 Å². The molecule has 3 unspecified atom stereocenters. The second-order valence-electron chi connectivity index (χ2n) is 17.3. The predicted molar refractivity (Wildman–Crippen MR) is 238 cm³/mol. The van der Waals surface area contributed by atoms with Crippen molar-refractivity contribution in [1.82, 2.24) is 4.90 Å². The molecule has 0 aromatic heterocycles. The van der Waals surface area contributed by atoms with Gasteiger partial charge in [0.25, 0.3) is 0 Å². The van der Waals surface area contributed by atoms with Gasteiger partial charge in [0.2, 0.25) is 0 Å². The van der Waals surface area contributed by atoms with Crippen molar-refractivity contribution in [3.63, 3.8) is 0 Å². The smallest absolute Gasteiger partial charge is 0.305 e. The van der Waals surface area contributed by atoms with Gasteiger partial charge >= 0.3 is 11.9 Å². The molecule has 0 radical (unpaired) electrons. The summed E-state index contributed by atoms with van der Waals surface area (Å²) in [7, 11) is 0. The Bertz CT molecular complexity index is 824. The summed E-state index contributed by atoms with van der Waals surface area (Å²) in [6.45, 7) is 12.8. The van der Waals surface area contributed by atoms with Gasteiger partial charge in [-0.05, 0) is 89.1 Å². The van der Waals surface area contributed by atoms with Crippen molar-refractivity contribution in [2.24, 2.45) is 11.8 Å². The van der Waals surface area contributed by atoms with E-state index in [0.717, 1.165) is 83.7 Å². The molecule has 0 aliphatic carbocycles. The standard InChI is InChI=1S/C49H97NO6/c1-5-9-13-15-22-32-45(30-20-11-7-3)35-37-48(53)55-42-28-18-17-25-39-50(40-26-19-27-41-51)44-47(52)34-24-29-43-56-49(54)38-36-46(31-21-12-8-4)33-23-16-14-10-6-2/h45-47,51-52H,5-44H2,1-4H3. The van der Waals surface area contributed by atoms with E-state index in [9.17, 15) is 19.8 Å². The Hall–Kier alpha value is -1.18. The van der Waals surface area contributed by atoms with Crippen LogP contribution in [0.4, 0.5) is 0 Å². The minimum absolute atomic E-state index is 0.0252. The molecular weight excluding hydrogens is 699 g/mol. The summed E-state index contributed by atoms with van der Waals surface area (Å²) >= 11 is 0. The fourth-order valence-corrected chi connectivity index (χ4v) is 8.05. The topological polar surface area (TPSA) is 96.3 Å². The van der Waals surface area contributed by atoms with E-state index in [2.05, 4.69) is 32.6 Å². The molecule has 0 spiro atoms. The Morgan fingerprint density at radius 1 is 0.446 bits per heavy atom. The number of unbranched alkanes of at least 4 members (excludes halogenated alkanes) is 18. The number of carbonyl (C=O) groups excluding carboxylic acids is 2. The van der Waals surface area contributed by atoms with Crippen molar-refractivity contribution in [3.8, 4) is 0 Å². The maximum atomic E-state index is 12.5. The molecule has 7 nitrogen and oxygen atoms in total. The molecule has 0 aliphatic heterocycles. The summed E-state index contributed by atoms with van der Waals surface area (Å²) in [4.78, 5) is 27.4. The number of aliphatic hydroxyl groups is 2. The van der Waals surface area contributed by atoms with Gasteiger partial charge in [0, 0.05) is 26.0 Å². The van der Waals surface area contributed by atoms with Gasteiger partial charge in [0.1, 0.15) is 0 Å². The lowest BCUT2D eigenvalue weighted by atomic mass is 9.90. The number of carbonyl (C=O) groups is 2. The molecule has 7 heteroatoms. The van der Waals surface area contributed by atoms with Gasteiger partial charge in [-0.1, -0.05) is 169 Å². The Balaban J connectivity index is 4.34. The van der Waals surface area contributed by atoms with E-state index in [1.54, 1.807) is 0 Å². The highest BCUT2D eigenvalue weighted by atomic mass is 16.5. The predicted octanol–water partition coefficient (Wildman–Crippen LogP) is 13.3. The van der Waals surface area contributed by atoms with Crippen molar-refractivity contribution >= 4 is 11.9 Å². The van der Waals surface area contributed by atoms with Crippen molar-refractivity contribution in [1.29, 1.82) is 0 Å². The van der Waals surface area contributed by atoms with Crippen LogP contribution < -0.4 is 0 Å². The van der Waals surface area contributed by atoms with Gasteiger partial charge in [-0.15, -0.1) is 0 Å². The lowest BCUT2D eigenvalue weighted by molar-refractivity contribution is -0.145. The number of ether oxygens (including phenoxy) is 2. The zero-order chi connectivity index (χ0) is 41.2. The average Bonchev–Trinajstić information content (AvgIpc) is 3.19. The number of rotatable bonds is 45. The summed E-state index contributed by atoms with van der Waals surface area (Å²) in [6, 6.07) is 0. The van der Waals surface area contributed by atoms with Gasteiger partial charge in [-0.25, -0.2) is 0 Å². The molecule has 0 aromatic carbocycles. The third-order valence-corrected chi connectivity index (χ3v) is 11.8. The first-order valence-corrected chi connectivity index (χ1v) is 24.7. The largest absolute Gasteiger partial charge is 0.466 e. The molecule has 0 bridgehead atoms. The van der Waals surface area contributed by atoms with Crippen LogP contribution in [0, 0.1) is 11.8 Å². The molecule has 3 atom stereocenters. The molecule has 56 heavy (non-hydrogen) atoms. The Kier molecular flexibility index (Phi) is 42.5. The fraction of sp³-hybridized carbons (Fsp3) is 0.959. The Morgan fingerprint density at radius 3 is 1.27 bits per heavy atom. The van der Waals surface area contributed by atoms with Crippen LogP contribution in [0.3, 0.4) is 0 Å². The van der Waals surface area contributed by atoms with E-state index in [1.165, 1.54) is 128 Å². The average molecular weight is 796 g/mol. The normalized spacial score (nSPS) is 13.3. The van der Waals surface area contributed by atoms with Gasteiger partial charge in [0.15, 0.2) is 0 Å². The van der Waals surface area contributed by atoms with Gasteiger partial charge in [-0.3, -0.25) is 9.59 Å². The Morgan fingerprint density at radius 2 is 0.804 bits per heavy atom. The first kappa shape index (κ1) is 54.8. The molecule has 0 saturated carbocycles. The van der Waals surface area contributed by atoms with Gasteiger partial charge < -0.3 is 24.6 Å². The number of aliphatic hydroxyl groups excluding tert-OH is 2. The number of esters is 2. The van der Waals surface area contributed by atoms with Crippen LogP contribution in [0.15, 0.2) is 0 Å². The lowest BCUT2D eigenvalue weighted by Crippen LogP contribution is -2.34. The molecular formula is C49H97NO6. The molecule has 2 N–H and O–H groups in total. The molecule has 0 rings (SSSR count). The monoisotopic (exact) mass is 796 g/mol.